The van der Waals surface area contributed by atoms with Crippen LogP contribution >= 0.6 is 0 Å². The summed E-state index contributed by atoms with van der Waals surface area (Å²) in [4.78, 5) is 4.71. The zero-order valence-electron chi connectivity index (χ0n) is 9.37. The van der Waals surface area contributed by atoms with Gasteiger partial charge in [-0.25, -0.2) is 0 Å². The van der Waals surface area contributed by atoms with E-state index in [0.717, 1.165) is 32.5 Å². The van der Waals surface area contributed by atoms with Gasteiger partial charge in [-0.05, 0) is 33.2 Å². The highest BCUT2D eigenvalue weighted by Crippen LogP contribution is 2.26. The highest BCUT2D eigenvalue weighted by Gasteiger charge is 2.36. The second-order valence-electron chi connectivity index (χ2n) is 5.14. The first-order chi connectivity index (χ1) is 6.59. The SMILES string of the molecule is CC1CCN1CC1(O)CCN(C)CC1. The Morgan fingerprint density at radius 3 is 2.36 bits per heavy atom. The summed E-state index contributed by atoms with van der Waals surface area (Å²) in [7, 11) is 2.13. The maximum Gasteiger partial charge on any atom is 0.0798 e. The van der Waals surface area contributed by atoms with Gasteiger partial charge in [-0.2, -0.15) is 0 Å². The standard InChI is InChI=1S/C11H22N2O/c1-10-3-6-13(10)9-11(14)4-7-12(2)8-5-11/h10,14H,3-9H2,1-2H3. The Labute approximate surface area is 86.7 Å². The van der Waals surface area contributed by atoms with Gasteiger partial charge in [0, 0.05) is 32.2 Å². The lowest BCUT2D eigenvalue weighted by atomic mass is 9.89. The molecule has 0 aromatic carbocycles. The number of rotatable bonds is 2. The van der Waals surface area contributed by atoms with Crippen molar-refractivity contribution in [2.75, 3.05) is 33.2 Å². The molecule has 0 saturated carbocycles. The van der Waals surface area contributed by atoms with Crippen LogP contribution in [0.25, 0.3) is 0 Å². The van der Waals surface area contributed by atoms with E-state index in [2.05, 4.69) is 23.8 Å². The maximum atomic E-state index is 10.4. The molecule has 0 aromatic heterocycles. The normalized spacial score (nSPS) is 34.1. The molecule has 2 fully saturated rings. The first kappa shape index (κ1) is 10.4. The Bertz CT molecular complexity index is 199. The highest BCUT2D eigenvalue weighted by atomic mass is 16.3. The van der Waals surface area contributed by atoms with Crippen LogP contribution in [0, 0.1) is 0 Å². The molecule has 2 aliphatic rings. The zero-order valence-corrected chi connectivity index (χ0v) is 9.37. The number of piperidine rings is 1. The summed E-state index contributed by atoms with van der Waals surface area (Å²) in [5.74, 6) is 0. The predicted octanol–water partition coefficient (Wildman–Crippen LogP) is 0.537. The van der Waals surface area contributed by atoms with Crippen molar-refractivity contribution in [1.29, 1.82) is 0 Å². The molecule has 1 N–H and O–H groups in total. The van der Waals surface area contributed by atoms with Gasteiger partial charge in [0.25, 0.3) is 0 Å². The molecule has 0 aliphatic carbocycles. The van der Waals surface area contributed by atoms with Crippen LogP contribution in [0.4, 0.5) is 0 Å². The lowest BCUT2D eigenvalue weighted by molar-refractivity contribution is -0.0658. The fourth-order valence-electron chi connectivity index (χ4n) is 2.38. The van der Waals surface area contributed by atoms with E-state index >= 15 is 0 Å². The van der Waals surface area contributed by atoms with E-state index in [1.807, 2.05) is 0 Å². The molecule has 0 aromatic rings. The van der Waals surface area contributed by atoms with Crippen LogP contribution in [0.1, 0.15) is 26.2 Å². The van der Waals surface area contributed by atoms with Crippen LogP contribution in [0.3, 0.4) is 0 Å². The molecular formula is C11H22N2O. The number of aliphatic hydroxyl groups is 1. The number of hydrogen-bond donors (Lipinski definition) is 1. The van der Waals surface area contributed by atoms with Crippen LogP contribution in [0.5, 0.6) is 0 Å². The van der Waals surface area contributed by atoms with Crippen LogP contribution in [-0.4, -0.2) is 59.8 Å². The quantitative estimate of drug-likeness (QED) is 0.701. The summed E-state index contributed by atoms with van der Waals surface area (Å²) >= 11 is 0. The van der Waals surface area contributed by atoms with E-state index in [1.54, 1.807) is 0 Å². The summed E-state index contributed by atoms with van der Waals surface area (Å²) in [5.41, 5.74) is -0.402. The number of likely N-dealkylation sites (tertiary alicyclic amines) is 2. The van der Waals surface area contributed by atoms with Gasteiger partial charge in [-0.15, -0.1) is 0 Å². The third-order valence-electron chi connectivity index (χ3n) is 3.87. The molecule has 14 heavy (non-hydrogen) atoms. The van der Waals surface area contributed by atoms with Crippen LogP contribution < -0.4 is 0 Å². The number of β-amino-alcohol motifs (C(OH)–C–C–N with tert-alkyl or cyclic N) is 1. The van der Waals surface area contributed by atoms with Crippen LogP contribution in [0.15, 0.2) is 0 Å². The Kier molecular flexibility index (Phi) is 2.82. The molecule has 3 nitrogen and oxygen atoms in total. The average molecular weight is 198 g/mol. The largest absolute Gasteiger partial charge is 0.388 e. The minimum absolute atomic E-state index is 0.402. The Morgan fingerprint density at radius 2 is 1.93 bits per heavy atom. The monoisotopic (exact) mass is 198 g/mol. The second-order valence-corrected chi connectivity index (χ2v) is 5.14. The molecule has 0 radical (unpaired) electrons. The molecule has 0 spiro atoms. The Morgan fingerprint density at radius 1 is 1.29 bits per heavy atom. The van der Waals surface area contributed by atoms with Gasteiger partial charge in [0.05, 0.1) is 5.60 Å². The number of hydrogen-bond acceptors (Lipinski definition) is 3. The molecule has 3 heteroatoms. The van der Waals surface area contributed by atoms with Crippen molar-refractivity contribution in [2.45, 2.75) is 37.8 Å². The smallest absolute Gasteiger partial charge is 0.0798 e. The molecular weight excluding hydrogens is 176 g/mol. The second kappa shape index (κ2) is 3.80. The van der Waals surface area contributed by atoms with Gasteiger partial charge in [0.1, 0.15) is 0 Å². The Hall–Kier alpha value is -0.120. The highest BCUT2D eigenvalue weighted by molar-refractivity contribution is 4.91. The first-order valence-electron chi connectivity index (χ1n) is 5.74. The van der Waals surface area contributed by atoms with Crippen LogP contribution in [0.2, 0.25) is 0 Å². The van der Waals surface area contributed by atoms with Gasteiger partial charge in [-0.3, -0.25) is 4.90 Å². The topological polar surface area (TPSA) is 26.7 Å². The first-order valence-corrected chi connectivity index (χ1v) is 5.74. The lowest BCUT2D eigenvalue weighted by Crippen LogP contribution is -2.56. The summed E-state index contributed by atoms with van der Waals surface area (Å²) in [6, 6.07) is 0.693. The van der Waals surface area contributed by atoms with E-state index in [0.29, 0.717) is 6.04 Å². The fraction of sp³-hybridized carbons (Fsp3) is 1.00. The summed E-state index contributed by atoms with van der Waals surface area (Å²) < 4.78 is 0. The van der Waals surface area contributed by atoms with Crippen LogP contribution in [-0.2, 0) is 0 Å². The molecule has 2 heterocycles. The minimum atomic E-state index is -0.402. The molecule has 2 saturated heterocycles. The van der Waals surface area contributed by atoms with Gasteiger partial charge in [0.15, 0.2) is 0 Å². The Balaban J connectivity index is 1.83. The minimum Gasteiger partial charge on any atom is -0.388 e. The van der Waals surface area contributed by atoms with Gasteiger partial charge in [-0.1, -0.05) is 0 Å². The third kappa shape index (κ3) is 2.10. The van der Waals surface area contributed by atoms with Gasteiger partial charge >= 0.3 is 0 Å². The van der Waals surface area contributed by atoms with E-state index < -0.39 is 5.60 Å². The van der Waals surface area contributed by atoms with Crippen molar-refractivity contribution >= 4 is 0 Å². The fourth-order valence-corrected chi connectivity index (χ4v) is 2.38. The van der Waals surface area contributed by atoms with E-state index in [4.69, 9.17) is 0 Å². The maximum absolute atomic E-state index is 10.4. The van der Waals surface area contributed by atoms with Gasteiger partial charge < -0.3 is 10.0 Å². The van der Waals surface area contributed by atoms with E-state index in [1.165, 1.54) is 13.0 Å². The third-order valence-corrected chi connectivity index (χ3v) is 3.87. The van der Waals surface area contributed by atoms with Crippen molar-refractivity contribution in [3.63, 3.8) is 0 Å². The zero-order chi connectivity index (χ0) is 10.2. The summed E-state index contributed by atoms with van der Waals surface area (Å²) in [5, 5.41) is 10.4. The van der Waals surface area contributed by atoms with Crippen molar-refractivity contribution < 1.29 is 5.11 Å². The number of nitrogens with zero attached hydrogens (tertiary/aromatic N) is 2. The summed E-state index contributed by atoms with van der Waals surface area (Å²) in [6.45, 7) is 6.40. The molecule has 2 rings (SSSR count). The average Bonchev–Trinajstić information content (AvgIpc) is 2.18. The van der Waals surface area contributed by atoms with E-state index in [9.17, 15) is 5.11 Å². The molecule has 0 bridgehead atoms. The molecule has 82 valence electrons. The van der Waals surface area contributed by atoms with Crippen molar-refractivity contribution in [3.8, 4) is 0 Å². The molecule has 0 amide bonds. The van der Waals surface area contributed by atoms with Crippen molar-refractivity contribution in [3.05, 3.63) is 0 Å². The van der Waals surface area contributed by atoms with E-state index in [-0.39, 0.29) is 0 Å². The van der Waals surface area contributed by atoms with Crippen molar-refractivity contribution in [1.82, 2.24) is 9.80 Å². The summed E-state index contributed by atoms with van der Waals surface area (Å²) in [6.07, 6.45) is 3.18. The van der Waals surface area contributed by atoms with Gasteiger partial charge in [0.2, 0.25) is 0 Å². The molecule has 1 atom stereocenters. The lowest BCUT2D eigenvalue weighted by Gasteiger charge is -2.46. The molecule has 2 aliphatic heterocycles. The molecule has 1 unspecified atom stereocenters. The predicted molar refractivity (Wildman–Crippen MR) is 57.3 cm³/mol. The van der Waals surface area contributed by atoms with Crippen molar-refractivity contribution in [2.24, 2.45) is 0 Å².